The Morgan fingerprint density at radius 2 is 1.73 bits per heavy atom. The molecule has 0 saturated heterocycles. The summed E-state index contributed by atoms with van der Waals surface area (Å²) in [4.78, 5) is 0. The molecular weight excluding hydrogens is 132 g/mol. The van der Waals surface area contributed by atoms with Crippen molar-refractivity contribution in [2.24, 2.45) is 5.92 Å². The van der Waals surface area contributed by atoms with E-state index in [0.717, 1.165) is 12.3 Å². The molecule has 0 aromatic carbocycles. The third-order valence-electron chi connectivity index (χ3n) is 2.60. The normalized spacial score (nSPS) is 21.5. The predicted octanol–water partition coefficient (Wildman–Crippen LogP) is 3.78. The lowest BCUT2D eigenvalue weighted by Crippen LogP contribution is -1.98. The molecule has 0 amide bonds. The van der Waals surface area contributed by atoms with Crippen molar-refractivity contribution < 1.29 is 0 Å². The molecule has 64 valence electrons. The average Bonchev–Trinajstić information content (AvgIpc) is 2.28. The molecule has 1 rings (SSSR count). The summed E-state index contributed by atoms with van der Waals surface area (Å²) >= 11 is 0. The van der Waals surface area contributed by atoms with Crippen molar-refractivity contribution in [3.8, 4) is 0 Å². The molecule has 0 aliphatic heterocycles. The molecule has 1 saturated carbocycles. The highest BCUT2D eigenvalue weighted by Gasteiger charge is 2.10. The minimum Gasteiger partial charge on any atom is -0.0533 e. The number of hydrogen-bond acceptors (Lipinski definition) is 0. The maximum absolute atomic E-state index is 3.86. The fraction of sp³-hybridized carbons (Fsp3) is 0.818. The maximum Gasteiger partial charge on any atom is -0.0355 e. The molecule has 0 aromatic rings. The molecule has 0 spiro atoms. The molecule has 0 aromatic heterocycles. The van der Waals surface area contributed by atoms with Gasteiger partial charge < -0.3 is 0 Å². The molecule has 0 bridgehead atoms. The summed E-state index contributed by atoms with van der Waals surface area (Å²) < 4.78 is 0. The molecular formula is C11H20. The van der Waals surface area contributed by atoms with Crippen molar-refractivity contribution >= 4 is 0 Å². The first-order valence-corrected chi connectivity index (χ1v) is 5.06. The summed E-state index contributed by atoms with van der Waals surface area (Å²) in [5.41, 5.74) is 0. The van der Waals surface area contributed by atoms with Gasteiger partial charge in [0, 0.05) is 0 Å². The zero-order chi connectivity index (χ0) is 7.94. The van der Waals surface area contributed by atoms with Crippen LogP contribution < -0.4 is 0 Å². The molecule has 0 unspecified atom stereocenters. The molecule has 0 heterocycles. The van der Waals surface area contributed by atoms with Gasteiger partial charge in [0.1, 0.15) is 0 Å². The highest BCUT2D eigenvalue weighted by molar-refractivity contribution is 4.78. The van der Waals surface area contributed by atoms with Gasteiger partial charge in [-0.3, -0.25) is 0 Å². The van der Waals surface area contributed by atoms with Gasteiger partial charge in [0.2, 0.25) is 0 Å². The first-order chi connectivity index (χ1) is 5.43. The molecule has 0 atom stereocenters. The summed E-state index contributed by atoms with van der Waals surface area (Å²) in [6.45, 7) is 3.86. The maximum atomic E-state index is 3.86. The van der Waals surface area contributed by atoms with Crippen molar-refractivity contribution in [1.29, 1.82) is 0 Å². The predicted molar refractivity (Wildman–Crippen MR) is 50.1 cm³/mol. The first-order valence-electron chi connectivity index (χ1n) is 5.06. The average molecular weight is 152 g/mol. The van der Waals surface area contributed by atoms with Crippen molar-refractivity contribution in [3.05, 3.63) is 13.3 Å². The summed E-state index contributed by atoms with van der Waals surface area (Å²) in [5.74, 6) is 0.930. The second kappa shape index (κ2) is 5.62. The van der Waals surface area contributed by atoms with Gasteiger partial charge in [0.25, 0.3) is 0 Å². The molecule has 0 heteroatoms. The Bertz CT molecular complexity index is 78.0. The molecule has 0 N–H and O–H groups in total. The Hall–Kier alpha value is 0. The Labute approximate surface area is 71.4 Å². The van der Waals surface area contributed by atoms with Gasteiger partial charge in [-0.25, -0.2) is 0 Å². The Morgan fingerprint density at radius 1 is 1.09 bits per heavy atom. The lowest BCUT2D eigenvalue weighted by Gasteiger charge is -2.11. The van der Waals surface area contributed by atoms with E-state index < -0.39 is 0 Å². The van der Waals surface area contributed by atoms with Crippen molar-refractivity contribution in [1.82, 2.24) is 0 Å². The van der Waals surface area contributed by atoms with Crippen LogP contribution in [0.1, 0.15) is 51.4 Å². The van der Waals surface area contributed by atoms with Crippen molar-refractivity contribution in [2.75, 3.05) is 0 Å². The van der Waals surface area contributed by atoms with Gasteiger partial charge in [-0.05, 0) is 18.8 Å². The van der Waals surface area contributed by atoms with E-state index in [1.807, 2.05) is 0 Å². The van der Waals surface area contributed by atoms with Crippen LogP contribution in [-0.4, -0.2) is 0 Å². The van der Waals surface area contributed by atoms with Crippen LogP contribution in [0.4, 0.5) is 0 Å². The Balaban J connectivity index is 2.09. The Kier molecular flexibility index (Phi) is 4.65. The quantitative estimate of drug-likeness (QED) is 0.540. The molecule has 1 aliphatic rings. The molecule has 1 aliphatic carbocycles. The topological polar surface area (TPSA) is 0 Å². The second-order valence-corrected chi connectivity index (χ2v) is 3.63. The van der Waals surface area contributed by atoms with E-state index in [1.165, 1.54) is 44.9 Å². The summed E-state index contributed by atoms with van der Waals surface area (Å²) in [5, 5.41) is 0. The minimum atomic E-state index is 0.930. The van der Waals surface area contributed by atoms with Gasteiger partial charge in [-0.15, -0.1) is 0 Å². The molecule has 11 heavy (non-hydrogen) atoms. The largest absolute Gasteiger partial charge is 0.0533 e. The van der Waals surface area contributed by atoms with E-state index in [-0.39, 0.29) is 0 Å². The van der Waals surface area contributed by atoms with E-state index in [2.05, 4.69) is 13.3 Å². The van der Waals surface area contributed by atoms with Crippen LogP contribution >= 0.6 is 0 Å². The van der Waals surface area contributed by atoms with E-state index in [0.29, 0.717) is 0 Å². The monoisotopic (exact) mass is 152 g/mol. The zero-order valence-electron chi connectivity index (χ0n) is 7.52. The standard InChI is InChI=1S/C11H20/c1-2-3-8-11-9-6-4-5-7-10-11/h8,11H,1-7,9-10H2. The lowest BCUT2D eigenvalue weighted by molar-refractivity contribution is 0.506. The van der Waals surface area contributed by atoms with Crippen molar-refractivity contribution in [3.63, 3.8) is 0 Å². The highest BCUT2D eigenvalue weighted by atomic mass is 14.2. The lowest BCUT2D eigenvalue weighted by atomic mass is 9.94. The van der Waals surface area contributed by atoms with E-state index in [1.54, 1.807) is 0 Å². The smallest absolute Gasteiger partial charge is 0.0355 e. The number of hydrogen-bond donors (Lipinski definition) is 0. The van der Waals surface area contributed by atoms with Crippen LogP contribution in [0.3, 0.4) is 0 Å². The van der Waals surface area contributed by atoms with Crippen LogP contribution in [0.15, 0.2) is 0 Å². The van der Waals surface area contributed by atoms with Gasteiger partial charge in [-0.2, -0.15) is 0 Å². The SMILES string of the molecule is [CH2]CC[CH]C1CCCCCC1. The fourth-order valence-corrected chi connectivity index (χ4v) is 1.90. The summed E-state index contributed by atoms with van der Waals surface area (Å²) in [6, 6.07) is 0. The summed E-state index contributed by atoms with van der Waals surface area (Å²) in [6.07, 6.45) is 13.5. The molecule has 2 radical (unpaired) electrons. The van der Waals surface area contributed by atoms with Crippen LogP contribution in [0.2, 0.25) is 0 Å². The van der Waals surface area contributed by atoms with E-state index in [9.17, 15) is 0 Å². The number of rotatable bonds is 3. The second-order valence-electron chi connectivity index (χ2n) is 3.63. The van der Waals surface area contributed by atoms with E-state index in [4.69, 9.17) is 0 Å². The molecule has 0 nitrogen and oxygen atoms in total. The van der Waals surface area contributed by atoms with Gasteiger partial charge in [0.15, 0.2) is 0 Å². The Morgan fingerprint density at radius 3 is 2.27 bits per heavy atom. The number of unbranched alkanes of at least 4 members (excludes halogenated alkanes) is 1. The third-order valence-corrected chi connectivity index (χ3v) is 2.60. The van der Waals surface area contributed by atoms with Crippen LogP contribution in [0, 0.1) is 19.3 Å². The third kappa shape index (κ3) is 3.79. The van der Waals surface area contributed by atoms with E-state index >= 15 is 0 Å². The van der Waals surface area contributed by atoms with Crippen LogP contribution in [0.5, 0.6) is 0 Å². The summed E-state index contributed by atoms with van der Waals surface area (Å²) in [7, 11) is 0. The molecule has 1 fully saturated rings. The van der Waals surface area contributed by atoms with Gasteiger partial charge in [-0.1, -0.05) is 51.9 Å². The first kappa shape index (κ1) is 9.09. The van der Waals surface area contributed by atoms with Gasteiger partial charge in [0.05, 0.1) is 0 Å². The van der Waals surface area contributed by atoms with Crippen molar-refractivity contribution in [2.45, 2.75) is 51.4 Å². The zero-order valence-corrected chi connectivity index (χ0v) is 7.52. The van der Waals surface area contributed by atoms with Crippen LogP contribution in [0.25, 0.3) is 0 Å². The highest BCUT2D eigenvalue weighted by Crippen LogP contribution is 2.25. The van der Waals surface area contributed by atoms with Crippen LogP contribution in [-0.2, 0) is 0 Å². The fourth-order valence-electron chi connectivity index (χ4n) is 1.90. The van der Waals surface area contributed by atoms with Gasteiger partial charge >= 0.3 is 0 Å². The minimum absolute atomic E-state index is 0.930.